The first kappa shape index (κ1) is 16.0. The minimum absolute atomic E-state index is 0.186. The zero-order valence-corrected chi connectivity index (χ0v) is 13.2. The molecule has 0 aliphatic carbocycles. The molecule has 0 spiro atoms. The molecular weight excluding hydrogens is 285 g/mol. The Labute approximate surface area is 131 Å². The van der Waals surface area contributed by atoms with Crippen LogP contribution in [0, 0.1) is 11.7 Å². The van der Waals surface area contributed by atoms with Crippen LogP contribution >= 0.6 is 11.6 Å². The molecule has 0 aromatic heterocycles. The Hall–Kier alpha value is -1.38. The average Bonchev–Trinajstić information content (AvgIpc) is 2.49. The molecule has 0 aliphatic heterocycles. The Morgan fingerprint density at radius 1 is 1.14 bits per heavy atom. The number of nitrogens with one attached hydrogen (secondary N) is 1. The molecule has 1 N–H and O–H groups in total. The smallest absolute Gasteiger partial charge is 0.126 e. The molecule has 2 unspecified atom stereocenters. The molecule has 2 rings (SSSR count). The van der Waals surface area contributed by atoms with Crippen LogP contribution < -0.4 is 5.32 Å². The average molecular weight is 306 g/mol. The third-order valence-corrected chi connectivity index (χ3v) is 3.94. The summed E-state index contributed by atoms with van der Waals surface area (Å²) in [5.74, 6) is 0.0786. The van der Waals surface area contributed by atoms with Gasteiger partial charge in [0.05, 0.1) is 0 Å². The Balaban J connectivity index is 2.19. The van der Waals surface area contributed by atoms with E-state index in [1.165, 1.54) is 11.6 Å². The molecule has 0 heterocycles. The fourth-order valence-electron chi connectivity index (χ4n) is 2.69. The van der Waals surface area contributed by atoms with Crippen LogP contribution in [0.25, 0.3) is 0 Å². The van der Waals surface area contributed by atoms with Crippen molar-refractivity contribution in [3.63, 3.8) is 0 Å². The second kappa shape index (κ2) is 7.58. The maximum absolute atomic E-state index is 13.9. The van der Waals surface area contributed by atoms with E-state index in [0.717, 1.165) is 6.54 Å². The van der Waals surface area contributed by atoms with Crippen molar-refractivity contribution in [3.05, 3.63) is 70.5 Å². The van der Waals surface area contributed by atoms with Gasteiger partial charge in [0, 0.05) is 11.1 Å². The molecule has 2 atom stereocenters. The van der Waals surface area contributed by atoms with Crippen LogP contribution in [0.2, 0.25) is 5.02 Å². The molecule has 0 radical (unpaired) electrons. The third kappa shape index (κ3) is 4.29. The zero-order chi connectivity index (χ0) is 15.2. The van der Waals surface area contributed by atoms with Crippen LogP contribution in [0.15, 0.2) is 48.5 Å². The highest BCUT2D eigenvalue weighted by Gasteiger charge is 2.19. The summed E-state index contributed by atoms with van der Waals surface area (Å²) in [5, 5.41) is 4.08. The van der Waals surface area contributed by atoms with Crippen molar-refractivity contribution in [2.75, 3.05) is 6.54 Å². The van der Waals surface area contributed by atoms with Crippen LogP contribution in [0.1, 0.15) is 31.0 Å². The predicted molar refractivity (Wildman–Crippen MR) is 87.1 cm³/mol. The van der Waals surface area contributed by atoms with Crippen molar-refractivity contribution in [1.29, 1.82) is 0 Å². The number of rotatable bonds is 6. The van der Waals surface area contributed by atoms with Gasteiger partial charge in [-0.1, -0.05) is 55.8 Å². The standard InChI is InChI=1S/C18H21ClFN/c1-3-21-18(14-7-5-4-6-8-14)13(2)11-15-12-16(19)9-10-17(15)20/h4-10,12-13,18,21H,3,11H2,1-2H3. The lowest BCUT2D eigenvalue weighted by molar-refractivity contribution is 0.387. The normalized spacial score (nSPS) is 13.9. The molecule has 21 heavy (non-hydrogen) atoms. The quantitative estimate of drug-likeness (QED) is 0.791. The Bertz CT molecular complexity index is 571. The van der Waals surface area contributed by atoms with E-state index in [-0.39, 0.29) is 17.8 Å². The molecule has 0 aliphatic rings. The number of hydrogen-bond acceptors (Lipinski definition) is 1. The summed E-state index contributed by atoms with van der Waals surface area (Å²) in [6, 6.07) is 15.2. The summed E-state index contributed by atoms with van der Waals surface area (Å²) in [6.45, 7) is 5.10. The summed E-state index contributed by atoms with van der Waals surface area (Å²) in [5.41, 5.74) is 1.91. The van der Waals surface area contributed by atoms with Crippen LogP contribution in [-0.2, 0) is 6.42 Å². The predicted octanol–water partition coefficient (Wildman–Crippen LogP) is 5.01. The molecule has 0 fully saturated rings. The summed E-state index contributed by atoms with van der Waals surface area (Å²) < 4.78 is 13.9. The van der Waals surface area contributed by atoms with Gasteiger partial charge in [-0.15, -0.1) is 0 Å². The molecule has 112 valence electrons. The van der Waals surface area contributed by atoms with E-state index < -0.39 is 0 Å². The van der Waals surface area contributed by atoms with Gasteiger partial charge in [-0.05, 0) is 48.2 Å². The molecule has 0 amide bonds. The fourth-order valence-corrected chi connectivity index (χ4v) is 2.89. The highest BCUT2D eigenvalue weighted by atomic mass is 35.5. The van der Waals surface area contributed by atoms with Crippen LogP contribution in [0.3, 0.4) is 0 Å². The number of benzene rings is 2. The van der Waals surface area contributed by atoms with Crippen LogP contribution in [0.5, 0.6) is 0 Å². The molecule has 2 aromatic rings. The Morgan fingerprint density at radius 3 is 2.52 bits per heavy atom. The van der Waals surface area contributed by atoms with Gasteiger partial charge in [-0.3, -0.25) is 0 Å². The van der Waals surface area contributed by atoms with Gasteiger partial charge < -0.3 is 5.32 Å². The second-order valence-corrected chi connectivity index (χ2v) is 5.80. The van der Waals surface area contributed by atoms with Crippen molar-refractivity contribution in [2.45, 2.75) is 26.3 Å². The molecular formula is C18H21ClFN. The first-order valence-corrected chi connectivity index (χ1v) is 7.72. The van der Waals surface area contributed by atoms with E-state index in [4.69, 9.17) is 11.6 Å². The fraction of sp³-hybridized carbons (Fsp3) is 0.333. The second-order valence-electron chi connectivity index (χ2n) is 5.36. The zero-order valence-electron chi connectivity index (χ0n) is 12.4. The SMILES string of the molecule is CCNC(c1ccccc1)C(C)Cc1cc(Cl)ccc1F. The summed E-state index contributed by atoms with van der Waals surface area (Å²) in [6.07, 6.45) is 0.652. The highest BCUT2D eigenvalue weighted by molar-refractivity contribution is 6.30. The Kier molecular flexibility index (Phi) is 5.77. The topological polar surface area (TPSA) is 12.0 Å². The van der Waals surface area contributed by atoms with E-state index >= 15 is 0 Å². The lowest BCUT2D eigenvalue weighted by Gasteiger charge is -2.25. The first-order chi connectivity index (χ1) is 10.1. The summed E-state index contributed by atoms with van der Waals surface area (Å²) in [4.78, 5) is 0. The van der Waals surface area contributed by atoms with Gasteiger partial charge in [0.15, 0.2) is 0 Å². The van der Waals surface area contributed by atoms with Crippen molar-refractivity contribution in [1.82, 2.24) is 5.32 Å². The first-order valence-electron chi connectivity index (χ1n) is 7.34. The van der Waals surface area contributed by atoms with Gasteiger partial charge in [0.1, 0.15) is 5.82 Å². The van der Waals surface area contributed by atoms with E-state index in [1.807, 2.05) is 18.2 Å². The summed E-state index contributed by atoms with van der Waals surface area (Å²) in [7, 11) is 0. The maximum Gasteiger partial charge on any atom is 0.126 e. The number of halogens is 2. The van der Waals surface area contributed by atoms with Crippen LogP contribution in [0.4, 0.5) is 4.39 Å². The van der Waals surface area contributed by atoms with E-state index in [1.54, 1.807) is 12.1 Å². The van der Waals surface area contributed by atoms with E-state index in [2.05, 4.69) is 31.3 Å². The van der Waals surface area contributed by atoms with Gasteiger partial charge in [0.2, 0.25) is 0 Å². The lowest BCUT2D eigenvalue weighted by atomic mass is 9.89. The minimum Gasteiger partial charge on any atom is -0.310 e. The van der Waals surface area contributed by atoms with Crippen molar-refractivity contribution in [2.24, 2.45) is 5.92 Å². The third-order valence-electron chi connectivity index (χ3n) is 3.70. The van der Waals surface area contributed by atoms with Gasteiger partial charge in [-0.25, -0.2) is 4.39 Å². The van der Waals surface area contributed by atoms with Crippen LogP contribution in [-0.4, -0.2) is 6.54 Å². The lowest BCUT2D eigenvalue weighted by Crippen LogP contribution is -2.28. The molecule has 0 bridgehead atoms. The van der Waals surface area contributed by atoms with E-state index in [0.29, 0.717) is 17.0 Å². The van der Waals surface area contributed by atoms with Gasteiger partial charge in [0.25, 0.3) is 0 Å². The molecule has 3 heteroatoms. The minimum atomic E-state index is -0.186. The number of hydrogen-bond donors (Lipinski definition) is 1. The molecule has 2 aromatic carbocycles. The molecule has 1 nitrogen and oxygen atoms in total. The van der Waals surface area contributed by atoms with Gasteiger partial charge in [-0.2, -0.15) is 0 Å². The molecule has 0 saturated carbocycles. The monoisotopic (exact) mass is 305 g/mol. The van der Waals surface area contributed by atoms with Crippen molar-refractivity contribution >= 4 is 11.6 Å². The highest BCUT2D eigenvalue weighted by Crippen LogP contribution is 2.27. The van der Waals surface area contributed by atoms with Crippen molar-refractivity contribution < 1.29 is 4.39 Å². The largest absolute Gasteiger partial charge is 0.310 e. The van der Waals surface area contributed by atoms with Gasteiger partial charge >= 0.3 is 0 Å². The Morgan fingerprint density at radius 2 is 1.86 bits per heavy atom. The van der Waals surface area contributed by atoms with E-state index in [9.17, 15) is 4.39 Å². The maximum atomic E-state index is 13.9. The summed E-state index contributed by atoms with van der Waals surface area (Å²) >= 11 is 5.98. The molecule has 0 saturated heterocycles. The van der Waals surface area contributed by atoms with Crippen molar-refractivity contribution in [3.8, 4) is 0 Å².